The highest BCUT2D eigenvalue weighted by molar-refractivity contribution is 7.26. The first-order valence-electron chi connectivity index (χ1n) is 7.87. The molecule has 0 radical (unpaired) electrons. The van der Waals surface area contributed by atoms with E-state index in [-0.39, 0.29) is 5.91 Å². The molecule has 0 bridgehead atoms. The lowest BCUT2D eigenvalue weighted by Gasteiger charge is -2.14. The van der Waals surface area contributed by atoms with Gasteiger partial charge in [0.25, 0.3) is 5.91 Å². The number of furan rings is 1. The Labute approximate surface area is 153 Å². The molecule has 0 aliphatic heterocycles. The number of aromatic nitrogens is 1. The number of rotatable bonds is 4. The molecule has 1 amide bonds. The van der Waals surface area contributed by atoms with Crippen molar-refractivity contribution in [1.29, 1.82) is 0 Å². The minimum atomic E-state index is -0.00795. The third kappa shape index (κ3) is 3.23. The van der Waals surface area contributed by atoms with E-state index >= 15 is 0 Å². The molecule has 0 N–H and O–H groups in total. The van der Waals surface area contributed by atoms with Crippen molar-refractivity contribution in [3.8, 4) is 9.88 Å². The zero-order valence-electron chi connectivity index (χ0n) is 13.9. The Morgan fingerprint density at radius 2 is 1.96 bits per heavy atom. The van der Waals surface area contributed by atoms with Gasteiger partial charge in [-0.3, -0.25) is 4.79 Å². The second-order valence-electron chi connectivity index (χ2n) is 5.82. The first-order chi connectivity index (χ1) is 12.1. The molecule has 0 unspecified atom stereocenters. The van der Waals surface area contributed by atoms with Gasteiger partial charge in [-0.2, -0.15) is 0 Å². The molecule has 0 saturated heterocycles. The van der Waals surface area contributed by atoms with Crippen molar-refractivity contribution >= 4 is 38.8 Å². The van der Waals surface area contributed by atoms with Crippen LogP contribution in [-0.4, -0.2) is 22.8 Å². The molecular weight excluding hydrogens is 352 g/mol. The number of aryl methyl sites for hydroxylation is 1. The SMILES string of the molecule is Cc1ccc(CN(C)C(=O)c2ccc(-c3nc4ccccc4s3)s2)o1. The van der Waals surface area contributed by atoms with Crippen LogP contribution in [0.2, 0.25) is 0 Å². The van der Waals surface area contributed by atoms with Gasteiger partial charge in [0.2, 0.25) is 0 Å². The molecule has 3 heterocycles. The highest BCUT2D eigenvalue weighted by Gasteiger charge is 2.17. The lowest BCUT2D eigenvalue weighted by Crippen LogP contribution is -2.25. The predicted octanol–water partition coefficient (Wildman–Crippen LogP) is 5.20. The lowest BCUT2D eigenvalue weighted by molar-refractivity contribution is 0.0780. The summed E-state index contributed by atoms with van der Waals surface area (Å²) in [5.41, 5.74) is 0.995. The van der Waals surface area contributed by atoms with Crippen molar-refractivity contribution in [3.05, 3.63) is 64.9 Å². The first kappa shape index (κ1) is 16.1. The minimum absolute atomic E-state index is 0.00795. The monoisotopic (exact) mass is 368 g/mol. The van der Waals surface area contributed by atoms with Gasteiger partial charge in [0.05, 0.1) is 26.5 Å². The van der Waals surface area contributed by atoms with Crippen LogP contribution in [0, 0.1) is 6.92 Å². The smallest absolute Gasteiger partial charge is 0.264 e. The predicted molar refractivity (Wildman–Crippen MR) is 102 cm³/mol. The number of hydrogen-bond acceptors (Lipinski definition) is 5. The molecule has 0 fully saturated rings. The Morgan fingerprint density at radius 1 is 1.12 bits per heavy atom. The molecule has 4 rings (SSSR count). The first-order valence-corrected chi connectivity index (χ1v) is 9.50. The second-order valence-corrected chi connectivity index (χ2v) is 7.94. The second kappa shape index (κ2) is 6.46. The Kier molecular flexibility index (Phi) is 4.15. The number of amides is 1. The number of thiophene rings is 1. The molecule has 0 aliphatic rings. The lowest BCUT2D eigenvalue weighted by atomic mass is 10.3. The average Bonchev–Trinajstić information content (AvgIpc) is 3.32. The van der Waals surface area contributed by atoms with E-state index < -0.39 is 0 Å². The maximum atomic E-state index is 12.7. The molecule has 3 aromatic heterocycles. The summed E-state index contributed by atoms with van der Waals surface area (Å²) in [6, 6.07) is 15.7. The highest BCUT2D eigenvalue weighted by Crippen LogP contribution is 2.34. The van der Waals surface area contributed by atoms with Crippen molar-refractivity contribution < 1.29 is 9.21 Å². The van der Waals surface area contributed by atoms with Crippen molar-refractivity contribution in [1.82, 2.24) is 9.88 Å². The summed E-state index contributed by atoms with van der Waals surface area (Å²) in [5, 5.41) is 0.953. The van der Waals surface area contributed by atoms with Crippen molar-refractivity contribution in [2.45, 2.75) is 13.5 Å². The van der Waals surface area contributed by atoms with Crippen LogP contribution in [0.25, 0.3) is 20.1 Å². The van der Waals surface area contributed by atoms with Gasteiger partial charge in [-0.25, -0.2) is 4.98 Å². The van der Waals surface area contributed by atoms with Gasteiger partial charge in [0, 0.05) is 7.05 Å². The zero-order chi connectivity index (χ0) is 17.4. The van der Waals surface area contributed by atoms with E-state index in [1.165, 1.54) is 11.3 Å². The topological polar surface area (TPSA) is 46.3 Å². The molecule has 126 valence electrons. The van der Waals surface area contributed by atoms with Crippen LogP contribution in [-0.2, 0) is 6.54 Å². The van der Waals surface area contributed by atoms with Gasteiger partial charge in [0.1, 0.15) is 16.5 Å². The molecule has 0 atom stereocenters. The molecule has 1 aromatic carbocycles. The third-order valence-electron chi connectivity index (χ3n) is 3.86. The van der Waals surface area contributed by atoms with Crippen LogP contribution in [0.1, 0.15) is 21.2 Å². The van der Waals surface area contributed by atoms with E-state index in [1.807, 2.05) is 49.4 Å². The van der Waals surface area contributed by atoms with Crippen molar-refractivity contribution in [2.24, 2.45) is 0 Å². The van der Waals surface area contributed by atoms with E-state index in [2.05, 4.69) is 11.1 Å². The van der Waals surface area contributed by atoms with Crippen LogP contribution in [0.4, 0.5) is 0 Å². The third-order valence-corrected chi connectivity index (χ3v) is 6.14. The largest absolute Gasteiger partial charge is 0.464 e. The number of hydrogen-bond donors (Lipinski definition) is 0. The normalized spacial score (nSPS) is 11.1. The highest BCUT2D eigenvalue weighted by atomic mass is 32.1. The minimum Gasteiger partial charge on any atom is -0.464 e. The maximum absolute atomic E-state index is 12.7. The molecule has 4 aromatic rings. The van der Waals surface area contributed by atoms with E-state index in [4.69, 9.17) is 4.42 Å². The standard InChI is InChI=1S/C19H16N2O2S2/c1-12-7-8-13(23-12)11-21(2)19(22)17-10-9-16(24-17)18-20-14-5-3-4-6-15(14)25-18/h3-10H,11H2,1-2H3. The van der Waals surface area contributed by atoms with E-state index in [0.29, 0.717) is 11.4 Å². The summed E-state index contributed by atoms with van der Waals surface area (Å²) in [5.74, 6) is 1.63. The van der Waals surface area contributed by atoms with Gasteiger partial charge in [-0.15, -0.1) is 22.7 Å². The Bertz CT molecular complexity index is 1010. The number of carbonyl (C=O) groups is 1. The Morgan fingerprint density at radius 3 is 2.72 bits per heavy atom. The van der Waals surface area contributed by atoms with Crippen LogP contribution in [0.3, 0.4) is 0 Å². The fourth-order valence-corrected chi connectivity index (χ4v) is 4.63. The van der Waals surface area contributed by atoms with Gasteiger partial charge in [-0.05, 0) is 43.3 Å². The summed E-state index contributed by atoms with van der Waals surface area (Å²) in [6.07, 6.45) is 0. The molecule has 6 heteroatoms. The van der Waals surface area contributed by atoms with E-state index in [0.717, 1.165) is 31.6 Å². The zero-order valence-corrected chi connectivity index (χ0v) is 15.5. The molecule has 0 spiro atoms. The summed E-state index contributed by atoms with van der Waals surface area (Å²) in [4.78, 5) is 20.7. The quantitative estimate of drug-likeness (QED) is 0.497. The molecular formula is C19H16N2O2S2. The summed E-state index contributed by atoms with van der Waals surface area (Å²) in [6.45, 7) is 2.36. The fraction of sp³-hybridized carbons (Fsp3) is 0.158. The maximum Gasteiger partial charge on any atom is 0.264 e. The molecule has 4 nitrogen and oxygen atoms in total. The number of benzene rings is 1. The van der Waals surface area contributed by atoms with E-state index in [1.54, 1.807) is 23.3 Å². The van der Waals surface area contributed by atoms with Crippen molar-refractivity contribution in [2.75, 3.05) is 7.05 Å². The number of carbonyl (C=O) groups excluding carboxylic acids is 1. The number of para-hydroxylation sites is 1. The Hall–Kier alpha value is -2.44. The van der Waals surface area contributed by atoms with Gasteiger partial charge in [-0.1, -0.05) is 12.1 Å². The number of thiazole rings is 1. The van der Waals surface area contributed by atoms with E-state index in [9.17, 15) is 4.79 Å². The number of fused-ring (bicyclic) bond motifs is 1. The van der Waals surface area contributed by atoms with Gasteiger partial charge >= 0.3 is 0 Å². The van der Waals surface area contributed by atoms with Crippen LogP contribution < -0.4 is 0 Å². The van der Waals surface area contributed by atoms with Crippen LogP contribution >= 0.6 is 22.7 Å². The summed E-state index contributed by atoms with van der Waals surface area (Å²) < 4.78 is 6.71. The Balaban J connectivity index is 1.54. The van der Waals surface area contributed by atoms with Gasteiger partial charge in [0.15, 0.2) is 0 Å². The van der Waals surface area contributed by atoms with Crippen molar-refractivity contribution in [3.63, 3.8) is 0 Å². The number of nitrogens with zero attached hydrogens (tertiary/aromatic N) is 2. The van der Waals surface area contributed by atoms with Gasteiger partial charge < -0.3 is 9.32 Å². The molecule has 0 aliphatic carbocycles. The molecule has 0 saturated carbocycles. The summed E-state index contributed by atoms with van der Waals surface area (Å²) >= 11 is 3.13. The van der Waals surface area contributed by atoms with Crippen LogP contribution in [0.15, 0.2) is 52.9 Å². The fourth-order valence-electron chi connectivity index (χ4n) is 2.61. The van der Waals surface area contributed by atoms with Crippen LogP contribution in [0.5, 0.6) is 0 Å². The molecule has 25 heavy (non-hydrogen) atoms. The average molecular weight is 368 g/mol. The summed E-state index contributed by atoms with van der Waals surface area (Å²) in [7, 11) is 1.79.